The quantitative estimate of drug-likeness (QED) is 0.736. The van der Waals surface area contributed by atoms with Gasteiger partial charge in [-0.15, -0.1) is 0 Å². The van der Waals surface area contributed by atoms with E-state index in [1.165, 1.54) is 5.56 Å². The molecular formula is C10H14O2. The van der Waals surface area contributed by atoms with Gasteiger partial charge in [0.2, 0.25) is 0 Å². The summed E-state index contributed by atoms with van der Waals surface area (Å²) in [7, 11) is 0. The van der Waals surface area contributed by atoms with Gasteiger partial charge in [-0.05, 0) is 18.1 Å². The molecule has 1 rings (SSSR count). The van der Waals surface area contributed by atoms with Gasteiger partial charge in [0.25, 0.3) is 0 Å². The molecule has 0 saturated heterocycles. The number of ether oxygens (including phenoxy) is 1. The number of hydrogen-bond donors (Lipinski definition) is 1. The summed E-state index contributed by atoms with van der Waals surface area (Å²) in [5, 5.41) is 8.57. The fraction of sp³-hybridized carbons (Fsp3) is 0.400. The molecule has 0 amide bonds. The second-order valence-corrected chi connectivity index (χ2v) is 2.53. The van der Waals surface area contributed by atoms with E-state index in [0.717, 1.165) is 12.2 Å². The predicted molar refractivity (Wildman–Crippen MR) is 48.4 cm³/mol. The van der Waals surface area contributed by atoms with Gasteiger partial charge in [-0.1, -0.05) is 25.1 Å². The number of hydrogen-bond acceptors (Lipinski definition) is 2. The zero-order chi connectivity index (χ0) is 8.81. The van der Waals surface area contributed by atoms with Crippen LogP contribution in [0.4, 0.5) is 0 Å². The maximum atomic E-state index is 8.57. The fourth-order valence-corrected chi connectivity index (χ4v) is 1.09. The minimum atomic E-state index is 0.0675. The smallest absolute Gasteiger partial charge is 0.122 e. The Bertz CT molecular complexity index is 233. The Morgan fingerprint density at radius 2 is 2.08 bits per heavy atom. The van der Waals surface area contributed by atoms with Crippen molar-refractivity contribution in [2.24, 2.45) is 0 Å². The van der Waals surface area contributed by atoms with E-state index < -0.39 is 0 Å². The van der Waals surface area contributed by atoms with Gasteiger partial charge in [-0.2, -0.15) is 0 Å². The van der Waals surface area contributed by atoms with Gasteiger partial charge in [-0.3, -0.25) is 0 Å². The third kappa shape index (κ3) is 2.24. The van der Waals surface area contributed by atoms with Crippen molar-refractivity contribution in [2.45, 2.75) is 13.3 Å². The molecule has 0 aliphatic rings. The molecule has 0 fully saturated rings. The van der Waals surface area contributed by atoms with Gasteiger partial charge in [0.05, 0.1) is 6.61 Å². The first-order valence-electron chi connectivity index (χ1n) is 4.20. The average Bonchev–Trinajstić information content (AvgIpc) is 2.15. The molecule has 0 aliphatic heterocycles. The Kier molecular flexibility index (Phi) is 3.61. The van der Waals surface area contributed by atoms with Gasteiger partial charge >= 0.3 is 0 Å². The highest BCUT2D eigenvalue weighted by Gasteiger charge is 1.98. The summed E-state index contributed by atoms with van der Waals surface area (Å²) >= 11 is 0. The Morgan fingerprint density at radius 1 is 1.33 bits per heavy atom. The first-order chi connectivity index (χ1) is 5.88. The van der Waals surface area contributed by atoms with Crippen LogP contribution in [0, 0.1) is 0 Å². The highest BCUT2D eigenvalue weighted by Crippen LogP contribution is 2.17. The van der Waals surface area contributed by atoms with Gasteiger partial charge in [0.1, 0.15) is 12.4 Å². The molecule has 1 aromatic carbocycles. The lowest BCUT2D eigenvalue weighted by Gasteiger charge is -2.07. The standard InChI is InChI=1S/C10H14O2/c1-2-9-5-3-4-6-10(9)12-8-7-11/h3-6,11H,2,7-8H2,1H3. The summed E-state index contributed by atoms with van der Waals surface area (Å²) in [5.74, 6) is 0.883. The van der Waals surface area contributed by atoms with E-state index >= 15 is 0 Å². The predicted octanol–water partition coefficient (Wildman–Crippen LogP) is 1.62. The van der Waals surface area contributed by atoms with Gasteiger partial charge in [0.15, 0.2) is 0 Å². The van der Waals surface area contributed by atoms with Crippen LogP contribution in [0.15, 0.2) is 24.3 Å². The molecule has 0 heterocycles. The Balaban J connectivity index is 2.68. The lowest BCUT2D eigenvalue weighted by molar-refractivity contribution is 0.200. The van der Waals surface area contributed by atoms with Crippen LogP contribution in [0.5, 0.6) is 5.75 Å². The molecule has 66 valence electrons. The molecule has 0 aliphatic carbocycles. The molecule has 2 nitrogen and oxygen atoms in total. The van der Waals surface area contributed by atoms with Crippen LogP contribution in [-0.4, -0.2) is 18.3 Å². The first kappa shape index (κ1) is 9.07. The number of aliphatic hydroxyl groups is 1. The van der Waals surface area contributed by atoms with Crippen LogP contribution in [0.25, 0.3) is 0 Å². The molecule has 0 unspecified atom stereocenters. The van der Waals surface area contributed by atoms with Crippen molar-refractivity contribution in [1.82, 2.24) is 0 Å². The summed E-state index contributed by atoms with van der Waals surface area (Å²) in [5.41, 5.74) is 1.19. The highest BCUT2D eigenvalue weighted by molar-refractivity contribution is 5.33. The summed E-state index contributed by atoms with van der Waals surface area (Å²) in [4.78, 5) is 0. The van der Waals surface area contributed by atoms with Crippen LogP contribution in [0.3, 0.4) is 0 Å². The minimum Gasteiger partial charge on any atom is -0.491 e. The van der Waals surface area contributed by atoms with Gasteiger partial charge in [0, 0.05) is 0 Å². The van der Waals surface area contributed by atoms with Crippen molar-refractivity contribution in [1.29, 1.82) is 0 Å². The second-order valence-electron chi connectivity index (χ2n) is 2.53. The third-order valence-corrected chi connectivity index (χ3v) is 1.70. The van der Waals surface area contributed by atoms with Crippen molar-refractivity contribution in [3.05, 3.63) is 29.8 Å². The number of aliphatic hydroxyl groups excluding tert-OH is 1. The van der Waals surface area contributed by atoms with E-state index in [-0.39, 0.29) is 6.61 Å². The molecule has 1 aromatic rings. The maximum Gasteiger partial charge on any atom is 0.122 e. The van der Waals surface area contributed by atoms with E-state index in [1.807, 2.05) is 24.3 Å². The molecule has 0 aromatic heterocycles. The number of benzene rings is 1. The molecular weight excluding hydrogens is 152 g/mol. The molecule has 1 N–H and O–H groups in total. The number of para-hydroxylation sites is 1. The van der Waals surface area contributed by atoms with Crippen LogP contribution in [0.2, 0.25) is 0 Å². The van der Waals surface area contributed by atoms with E-state index in [9.17, 15) is 0 Å². The Morgan fingerprint density at radius 3 is 2.75 bits per heavy atom. The van der Waals surface area contributed by atoms with Crippen LogP contribution in [-0.2, 0) is 6.42 Å². The zero-order valence-electron chi connectivity index (χ0n) is 7.29. The monoisotopic (exact) mass is 166 g/mol. The molecule has 0 saturated carbocycles. The van der Waals surface area contributed by atoms with Crippen molar-refractivity contribution >= 4 is 0 Å². The minimum absolute atomic E-state index is 0.0675. The van der Waals surface area contributed by atoms with E-state index in [2.05, 4.69) is 6.92 Å². The van der Waals surface area contributed by atoms with Gasteiger partial charge in [-0.25, -0.2) is 0 Å². The molecule has 0 radical (unpaired) electrons. The average molecular weight is 166 g/mol. The van der Waals surface area contributed by atoms with Crippen LogP contribution >= 0.6 is 0 Å². The highest BCUT2D eigenvalue weighted by atomic mass is 16.5. The second kappa shape index (κ2) is 4.78. The third-order valence-electron chi connectivity index (χ3n) is 1.70. The fourth-order valence-electron chi connectivity index (χ4n) is 1.09. The van der Waals surface area contributed by atoms with E-state index in [1.54, 1.807) is 0 Å². The molecule has 12 heavy (non-hydrogen) atoms. The summed E-state index contributed by atoms with van der Waals surface area (Å²) < 4.78 is 5.33. The topological polar surface area (TPSA) is 29.5 Å². The van der Waals surface area contributed by atoms with Crippen molar-refractivity contribution in [3.8, 4) is 5.75 Å². The maximum absolute atomic E-state index is 8.57. The lowest BCUT2D eigenvalue weighted by atomic mass is 10.1. The Labute approximate surface area is 72.8 Å². The van der Waals surface area contributed by atoms with E-state index in [0.29, 0.717) is 6.61 Å². The van der Waals surface area contributed by atoms with Crippen molar-refractivity contribution < 1.29 is 9.84 Å². The molecule has 0 spiro atoms. The molecule has 0 atom stereocenters. The summed E-state index contributed by atoms with van der Waals surface area (Å²) in [6.07, 6.45) is 0.960. The largest absolute Gasteiger partial charge is 0.491 e. The lowest BCUT2D eigenvalue weighted by Crippen LogP contribution is -2.03. The van der Waals surface area contributed by atoms with Crippen molar-refractivity contribution in [2.75, 3.05) is 13.2 Å². The van der Waals surface area contributed by atoms with Gasteiger partial charge < -0.3 is 9.84 Å². The normalized spacial score (nSPS) is 9.83. The summed E-state index contributed by atoms with van der Waals surface area (Å²) in [6.45, 7) is 2.52. The molecule has 0 bridgehead atoms. The Hall–Kier alpha value is -1.02. The van der Waals surface area contributed by atoms with Crippen molar-refractivity contribution in [3.63, 3.8) is 0 Å². The number of aryl methyl sites for hydroxylation is 1. The van der Waals surface area contributed by atoms with Crippen LogP contribution in [0.1, 0.15) is 12.5 Å². The van der Waals surface area contributed by atoms with E-state index in [4.69, 9.17) is 9.84 Å². The molecule has 2 heteroatoms. The SMILES string of the molecule is CCc1ccccc1OCCO. The first-order valence-corrected chi connectivity index (χ1v) is 4.20. The summed E-state index contributed by atoms with van der Waals surface area (Å²) in [6, 6.07) is 7.89. The number of rotatable bonds is 4. The zero-order valence-corrected chi connectivity index (χ0v) is 7.29. The van der Waals surface area contributed by atoms with Crippen LogP contribution < -0.4 is 4.74 Å².